The van der Waals surface area contributed by atoms with E-state index in [0.29, 0.717) is 12.3 Å². The number of carboxylic acid groups (broad SMARTS) is 1. The van der Waals surface area contributed by atoms with Crippen LogP contribution in [0, 0.1) is 23.7 Å². The zero-order chi connectivity index (χ0) is 13.4. The van der Waals surface area contributed by atoms with Crippen LogP contribution in [0.4, 0.5) is 0 Å². The second kappa shape index (κ2) is 4.57. The van der Waals surface area contributed by atoms with Gasteiger partial charge in [0.05, 0.1) is 24.6 Å². The molecular formula is C14H15NO4. The maximum Gasteiger partial charge on any atom is 0.307 e. The van der Waals surface area contributed by atoms with Crippen LogP contribution in [0.1, 0.15) is 12.2 Å². The molecule has 2 bridgehead atoms. The summed E-state index contributed by atoms with van der Waals surface area (Å²) in [5.41, 5.74) is 0. The van der Waals surface area contributed by atoms with Gasteiger partial charge < -0.3 is 14.8 Å². The molecule has 3 rings (SSSR count). The number of nitrogens with one attached hydrogen (secondary N) is 1. The van der Waals surface area contributed by atoms with Crippen molar-refractivity contribution in [1.82, 2.24) is 5.32 Å². The monoisotopic (exact) mass is 261 g/mol. The molecular weight excluding hydrogens is 246 g/mol. The summed E-state index contributed by atoms with van der Waals surface area (Å²) in [4.78, 5) is 23.5. The molecule has 1 aromatic rings. The number of rotatable bonds is 4. The molecule has 0 saturated heterocycles. The molecule has 100 valence electrons. The Morgan fingerprint density at radius 2 is 2.05 bits per heavy atom. The molecule has 2 aliphatic carbocycles. The van der Waals surface area contributed by atoms with Gasteiger partial charge in [0.2, 0.25) is 5.91 Å². The summed E-state index contributed by atoms with van der Waals surface area (Å²) in [6.45, 7) is 0.301. The zero-order valence-corrected chi connectivity index (χ0v) is 10.3. The molecule has 1 heterocycles. The SMILES string of the molecule is O=C(O)[C@@H]1[C@H](C(=O)NCc2ccco2)[C@H]2C=C[C@H]1C2. The van der Waals surface area contributed by atoms with Crippen LogP contribution < -0.4 is 5.32 Å². The maximum atomic E-state index is 12.2. The molecule has 2 N–H and O–H groups in total. The van der Waals surface area contributed by atoms with E-state index in [1.54, 1.807) is 18.4 Å². The van der Waals surface area contributed by atoms with Gasteiger partial charge >= 0.3 is 5.97 Å². The highest BCUT2D eigenvalue weighted by Crippen LogP contribution is 2.48. The first-order chi connectivity index (χ1) is 9.16. The Morgan fingerprint density at radius 1 is 1.32 bits per heavy atom. The van der Waals surface area contributed by atoms with E-state index in [0.717, 1.165) is 6.42 Å². The average molecular weight is 261 g/mol. The number of amides is 1. The lowest BCUT2D eigenvalue weighted by atomic mass is 9.82. The largest absolute Gasteiger partial charge is 0.481 e. The van der Waals surface area contributed by atoms with Gasteiger partial charge in [0, 0.05) is 0 Å². The van der Waals surface area contributed by atoms with Crippen molar-refractivity contribution in [2.45, 2.75) is 13.0 Å². The highest BCUT2D eigenvalue weighted by Gasteiger charge is 2.51. The number of hydrogen-bond donors (Lipinski definition) is 2. The molecule has 5 heteroatoms. The van der Waals surface area contributed by atoms with E-state index in [1.807, 2.05) is 12.2 Å². The number of aliphatic carboxylic acids is 1. The Kier molecular flexibility index (Phi) is 2.89. The minimum Gasteiger partial charge on any atom is -0.481 e. The summed E-state index contributed by atoms with van der Waals surface area (Å²) >= 11 is 0. The predicted octanol–water partition coefficient (Wildman–Crippen LogP) is 1.42. The number of carbonyl (C=O) groups is 2. The highest BCUT2D eigenvalue weighted by atomic mass is 16.4. The molecule has 19 heavy (non-hydrogen) atoms. The fourth-order valence-corrected chi connectivity index (χ4v) is 3.22. The molecule has 0 radical (unpaired) electrons. The number of allylic oxidation sites excluding steroid dienone is 2. The molecule has 1 fully saturated rings. The second-order valence-corrected chi connectivity index (χ2v) is 5.14. The van der Waals surface area contributed by atoms with Gasteiger partial charge in [-0.3, -0.25) is 9.59 Å². The minimum absolute atomic E-state index is 0.00172. The number of furan rings is 1. The van der Waals surface area contributed by atoms with Gasteiger partial charge in [-0.25, -0.2) is 0 Å². The van der Waals surface area contributed by atoms with Crippen LogP contribution in [-0.4, -0.2) is 17.0 Å². The van der Waals surface area contributed by atoms with Crippen LogP contribution in [0.15, 0.2) is 35.0 Å². The van der Waals surface area contributed by atoms with E-state index >= 15 is 0 Å². The summed E-state index contributed by atoms with van der Waals surface area (Å²) in [6.07, 6.45) is 6.22. The molecule has 1 amide bonds. The first kappa shape index (κ1) is 12.0. The third kappa shape index (κ3) is 2.05. The van der Waals surface area contributed by atoms with Gasteiger partial charge in [-0.1, -0.05) is 12.2 Å². The van der Waals surface area contributed by atoms with E-state index in [-0.39, 0.29) is 17.7 Å². The van der Waals surface area contributed by atoms with Crippen molar-refractivity contribution in [3.63, 3.8) is 0 Å². The first-order valence-electron chi connectivity index (χ1n) is 6.38. The molecule has 0 aromatic carbocycles. The van der Waals surface area contributed by atoms with Crippen molar-refractivity contribution in [3.05, 3.63) is 36.3 Å². The van der Waals surface area contributed by atoms with Gasteiger partial charge in [-0.05, 0) is 30.4 Å². The quantitative estimate of drug-likeness (QED) is 0.803. The lowest BCUT2D eigenvalue weighted by Crippen LogP contribution is -2.39. The summed E-state index contributed by atoms with van der Waals surface area (Å²) in [5, 5.41) is 12.0. The molecule has 5 nitrogen and oxygen atoms in total. The Hall–Kier alpha value is -2.04. The lowest BCUT2D eigenvalue weighted by molar-refractivity contribution is -0.147. The Balaban J connectivity index is 1.68. The second-order valence-electron chi connectivity index (χ2n) is 5.14. The van der Waals surface area contributed by atoms with Crippen molar-refractivity contribution < 1.29 is 19.1 Å². The Morgan fingerprint density at radius 3 is 2.68 bits per heavy atom. The summed E-state index contributed by atoms with van der Waals surface area (Å²) in [6, 6.07) is 3.53. The van der Waals surface area contributed by atoms with Crippen molar-refractivity contribution >= 4 is 11.9 Å². The summed E-state index contributed by atoms with van der Waals surface area (Å²) in [5.74, 6) is -1.40. The van der Waals surface area contributed by atoms with E-state index < -0.39 is 17.8 Å². The molecule has 0 spiro atoms. The van der Waals surface area contributed by atoms with Crippen LogP contribution in [-0.2, 0) is 16.1 Å². The summed E-state index contributed by atoms with van der Waals surface area (Å²) < 4.78 is 5.14. The third-order valence-electron chi connectivity index (χ3n) is 4.06. The van der Waals surface area contributed by atoms with Crippen molar-refractivity contribution in [2.75, 3.05) is 0 Å². The van der Waals surface area contributed by atoms with E-state index in [2.05, 4.69) is 5.32 Å². The minimum atomic E-state index is -0.880. The molecule has 1 aromatic heterocycles. The molecule has 4 atom stereocenters. The molecule has 0 aliphatic heterocycles. The average Bonchev–Trinajstić information content (AvgIpc) is 3.10. The van der Waals surface area contributed by atoms with Crippen LogP contribution in [0.3, 0.4) is 0 Å². The summed E-state index contributed by atoms with van der Waals surface area (Å²) in [7, 11) is 0. The Bertz CT molecular complexity index is 520. The Labute approximate surface area is 110 Å². The van der Waals surface area contributed by atoms with Crippen LogP contribution in [0.2, 0.25) is 0 Å². The predicted molar refractivity (Wildman–Crippen MR) is 65.9 cm³/mol. The molecule has 1 saturated carbocycles. The van der Waals surface area contributed by atoms with Crippen LogP contribution >= 0.6 is 0 Å². The first-order valence-corrected chi connectivity index (χ1v) is 6.38. The maximum absolute atomic E-state index is 12.2. The highest BCUT2D eigenvalue weighted by molar-refractivity contribution is 5.86. The number of carboxylic acids is 1. The van der Waals surface area contributed by atoms with E-state index in [4.69, 9.17) is 4.42 Å². The zero-order valence-electron chi connectivity index (χ0n) is 10.3. The number of carbonyl (C=O) groups excluding carboxylic acids is 1. The van der Waals surface area contributed by atoms with Crippen molar-refractivity contribution in [3.8, 4) is 0 Å². The fraction of sp³-hybridized carbons (Fsp3) is 0.429. The van der Waals surface area contributed by atoms with Gasteiger partial charge in [0.15, 0.2) is 0 Å². The van der Waals surface area contributed by atoms with Crippen LogP contribution in [0.5, 0.6) is 0 Å². The fourth-order valence-electron chi connectivity index (χ4n) is 3.22. The number of fused-ring (bicyclic) bond motifs is 2. The van der Waals surface area contributed by atoms with Crippen LogP contribution in [0.25, 0.3) is 0 Å². The normalized spacial score (nSPS) is 31.6. The van der Waals surface area contributed by atoms with Gasteiger partial charge in [0.25, 0.3) is 0 Å². The van der Waals surface area contributed by atoms with Gasteiger partial charge in [0.1, 0.15) is 5.76 Å². The third-order valence-corrected chi connectivity index (χ3v) is 4.06. The lowest BCUT2D eigenvalue weighted by Gasteiger charge is -2.23. The van der Waals surface area contributed by atoms with E-state index in [1.165, 1.54) is 0 Å². The van der Waals surface area contributed by atoms with Gasteiger partial charge in [-0.2, -0.15) is 0 Å². The molecule has 2 aliphatic rings. The standard InChI is InChI=1S/C14H15NO4/c16-13(15-7-10-2-1-5-19-10)11-8-3-4-9(6-8)12(11)14(17)18/h1-5,8-9,11-12H,6-7H2,(H,15,16)(H,17,18)/t8-,9-,11+,12-/m0/s1. The van der Waals surface area contributed by atoms with Crippen molar-refractivity contribution in [1.29, 1.82) is 0 Å². The topological polar surface area (TPSA) is 79.5 Å². The van der Waals surface area contributed by atoms with E-state index in [9.17, 15) is 14.7 Å². The molecule has 0 unspecified atom stereocenters. The van der Waals surface area contributed by atoms with Crippen molar-refractivity contribution in [2.24, 2.45) is 23.7 Å². The smallest absolute Gasteiger partial charge is 0.307 e. The number of hydrogen-bond acceptors (Lipinski definition) is 3. The van der Waals surface area contributed by atoms with Gasteiger partial charge in [-0.15, -0.1) is 0 Å².